The molecule has 0 bridgehead atoms. The SMILES string of the molecule is CC(C)CCCC(O)c1ccccc1C1CC1. The van der Waals surface area contributed by atoms with Crippen molar-refractivity contribution in [1.82, 2.24) is 0 Å². The van der Waals surface area contributed by atoms with Gasteiger partial charge in [0.1, 0.15) is 0 Å². The van der Waals surface area contributed by atoms with Gasteiger partial charge in [-0.1, -0.05) is 51.0 Å². The van der Waals surface area contributed by atoms with E-state index in [-0.39, 0.29) is 6.10 Å². The summed E-state index contributed by atoms with van der Waals surface area (Å²) in [6.45, 7) is 4.48. The van der Waals surface area contributed by atoms with Crippen molar-refractivity contribution >= 4 is 0 Å². The molecular formula is C16H24O. The third kappa shape index (κ3) is 3.57. The Morgan fingerprint density at radius 3 is 2.53 bits per heavy atom. The van der Waals surface area contributed by atoms with Gasteiger partial charge in [0.15, 0.2) is 0 Å². The van der Waals surface area contributed by atoms with Gasteiger partial charge in [0, 0.05) is 0 Å². The molecule has 1 fully saturated rings. The molecule has 1 aliphatic rings. The van der Waals surface area contributed by atoms with Crippen molar-refractivity contribution in [2.24, 2.45) is 5.92 Å². The Balaban J connectivity index is 1.95. The highest BCUT2D eigenvalue weighted by Gasteiger charge is 2.27. The van der Waals surface area contributed by atoms with Crippen molar-refractivity contribution in [2.45, 2.75) is 58.0 Å². The fraction of sp³-hybridized carbons (Fsp3) is 0.625. The molecule has 1 saturated carbocycles. The van der Waals surface area contributed by atoms with Crippen LogP contribution in [0.5, 0.6) is 0 Å². The smallest absolute Gasteiger partial charge is 0.0792 e. The zero-order valence-electron chi connectivity index (χ0n) is 11.0. The fourth-order valence-electron chi connectivity index (χ4n) is 2.46. The first-order valence-electron chi connectivity index (χ1n) is 6.95. The van der Waals surface area contributed by atoms with Crippen molar-refractivity contribution in [1.29, 1.82) is 0 Å². The molecular weight excluding hydrogens is 208 g/mol. The summed E-state index contributed by atoms with van der Waals surface area (Å²) >= 11 is 0. The van der Waals surface area contributed by atoms with Gasteiger partial charge in [-0.15, -0.1) is 0 Å². The van der Waals surface area contributed by atoms with Gasteiger partial charge in [-0.25, -0.2) is 0 Å². The second-order valence-corrected chi connectivity index (χ2v) is 5.74. The molecule has 0 aliphatic heterocycles. The molecule has 1 nitrogen and oxygen atoms in total. The van der Waals surface area contributed by atoms with Crippen LogP contribution in [0.4, 0.5) is 0 Å². The number of hydrogen-bond donors (Lipinski definition) is 1. The highest BCUT2D eigenvalue weighted by Crippen LogP contribution is 2.43. The second-order valence-electron chi connectivity index (χ2n) is 5.74. The lowest BCUT2D eigenvalue weighted by molar-refractivity contribution is 0.161. The van der Waals surface area contributed by atoms with Crippen LogP contribution in [0, 0.1) is 5.92 Å². The maximum absolute atomic E-state index is 10.3. The molecule has 0 heterocycles. The maximum atomic E-state index is 10.3. The van der Waals surface area contributed by atoms with Gasteiger partial charge in [0.2, 0.25) is 0 Å². The van der Waals surface area contributed by atoms with Gasteiger partial charge >= 0.3 is 0 Å². The largest absolute Gasteiger partial charge is 0.388 e. The number of rotatable bonds is 6. The van der Waals surface area contributed by atoms with Crippen LogP contribution in [-0.4, -0.2) is 5.11 Å². The van der Waals surface area contributed by atoms with E-state index in [0.29, 0.717) is 0 Å². The van der Waals surface area contributed by atoms with E-state index in [2.05, 4.69) is 32.0 Å². The molecule has 1 aromatic rings. The molecule has 0 radical (unpaired) electrons. The third-order valence-corrected chi connectivity index (χ3v) is 3.63. The Kier molecular flexibility index (Phi) is 4.22. The quantitative estimate of drug-likeness (QED) is 0.769. The monoisotopic (exact) mass is 232 g/mol. The molecule has 0 amide bonds. The van der Waals surface area contributed by atoms with E-state index in [1.807, 2.05) is 6.07 Å². The van der Waals surface area contributed by atoms with Gasteiger partial charge < -0.3 is 5.11 Å². The van der Waals surface area contributed by atoms with Crippen LogP contribution in [0.15, 0.2) is 24.3 Å². The van der Waals surface area contributed by atoms with E-state index in [1.54, 1.807) is 0 Å². The van der Waals surface area contributed by atoms with Crippen LogP contribution >= 0.6 is 0 Å². The standard InChI is InChI=1S/C16H24O/c1-12(2)6-5-9-16(17)15-8-4-3-7-14(15)13-10-11-13/h3-4,7-8,12-13,16-17H,5-6,9-11H2,1-2H3. The topological polar surface area (TPSA) is 20.2 Å². The van der Waals surface area contributed by atoms with E-state index in [9.17, 15) is 5.11 Å². The summed E-state index contributed by atoms with van der Waals surface area (Å²) in [6, 6.07) is 8.44. The van der Waals surface area contributed by atoms with Crippen LogP contribution in [0.25, 0.3) is 0 Å². The molecule has 94 valence electrons. The molecule has 0 aromatic heterocycles. The molecule has 1 N–H and O–H groups in total. The minimum atomic E-state index is -0.259. The lowest BCUT2D eigenvalue weighted by Gasteiger charge is -2.15. The number of aliphatic hydroxyl groups is 1. The van der Waals surface area contributed by atoms with Gasteiger partial charge in [0.05, 0.1) is 6.10 Å². The molecule has 1 atom stereocenters. The number of benzene rings is 1. The Morgan fingerprint density at radius 2 is 1.88 bits per heavy atom. The summed E-state index contributed by atoms with van der Waals surface area (Å²) in [5.74, 6) is 1.46. The van der Waals surface area contributed by atoms with Gasteiger partial charge in [-0.3, -0.25) is 0 Å². The molecule has 1 unspecified atom stereocenters. The first kappa shape index (κ1) is 12.6. The van der Waals surface area contributed by atoms with E-state index in [4.69, 9.17) is 0 Å². The van der Waals surface area contributed by atoms with Crippen LogP contribution in [-0.2, 0) is 0 Å². The predicted molar refractivity (Wildman–Crippen MR) is 72.1 cm³/mol. The van der Waals surface area contributed by atoms with Crippen molar-refractivity contribution in [3.05, 3.63) is 35.4 Å². The zero-order chi connectivity index (χ0) is 12.3. The average molecular weight is 232 g/mol. The highest BCUT2D eigenvalue weighted by molar-refractivity contribution is 5.34. The number of aliphatic hydroxyl groups excluding tert-OH is 1. The van der Waals surface area contributed by atoms with E-state index >= 15 is 0 Å². The Bertz CT molecular complexity index is 352. The van der Waals surface area contributed by atoms with Crippen molar-refractivity contribution in [3.63, 3.8) is 0 Å². The van der Waals surface area contributed by atoms with E-state index in [1.165, 1.54) is 30.4 Å². The molecule has 1 heteroatoms. The lowest BCUT2D eigenvalue weighted by atomic mass is 9.94. The third-order valence-electron chi connectivity index (χ3n) is 3.63. The Morgan fingerprint density at radius 1 is 1.18 bits per heavy atom. The molecule has 1 aliphatic carbocycles. The molecule has 0 spiro atoms. The van der Waals surface area contributed by atoms with Crippen LogP contribution in [0.2, 0.25) is 0 Å². The summed E-state index contributed by atoms with van der Waals surface area (Å²) in [7, 11) is 0. The van der Waals surface area contributed by atoms with Crippen LogP contribution < -0.4 is 0 Å². The summed E-state index contributed by atoms with van der Waals surface area (Å²) in [6.07, 6.45) is 5.58. The summed E-state index contributed by atoms with van der Waals surface area (Å²) in [4.78, 5) is 0. The fourth-order valence-corrected chi connectivity index (χ4v) is 2.46. The molecule has 0 saturated heterocycles. The van der Waals surface area contributed by atoms with E-state index < -0.39 is 0 Å². The highest BCUT2D eigenvalue weighted by atomic mass is 16.3. The molecule has 2 rings (SSSR count). The number of hydrogen-bond acceptors (Lipinski definition) is 1. The summed E-state index contributed by atoms with van der Waals surface area (Å²) in [5, 5.41) is 10.3. The average Bonchev–Trinajstić information content (AvgIpc) is 3.12. The van der Waals surface area contributed by atoms with Gasteiger partial charge in [0.25, 0.3) is 0 Å². The minimum Gasteiger partial charge on any atom is -0.388 e. The van der Waals surface area contributed by atoms with Crippen LogP contribution in [0.3, 0.4) is 0 Å². The first-order valence-corrected chi connectivity index (χ1v) is 6.95. The predicted octanol–water partition coefficient (Wildman–Crippen LogP) is 4.42. The molecule has 1 aromatic carbocycles. The molecule has 17 heavy (non-hydrogen) atoms. The minimum absolute atomic E-state index is 0.259. The second kappa shape index (κ2) is 5.68. The van der Waals surface area contributed by atoms with Gasteiger partial charge in [-0.2, -0.15) is 0 Å². The lowest BCUT2D eigenvalue weighted by Crippen LogP contribution is -2.02. The Hall–Kier alpha value is -0.820. The normalized spacial score (nSPS) is 17.4. The van der Waals surface area contributed by atoms with Crippen molar-refractivity contribution in [2.75, 3.05) is 0 Å². The van der Waals surface area contributed by atoms with Gasteiger partial charge in [-0.05, 0) is 42.2 Å². The zero-order valence-corrected chi connectivity index (χ0v) is 11.0. The van der Waals surface area contributed by atoms with Crippen molar-refractivity contribution in [3.8, 4) is 0 Å². The Labute approximate surface area is 105 Å². The first-order chi connectivity index (χ1) is 8.18. The van der Waals surface area contributed by atoms with Crippen molar-refractivity contribution < 1.29 is 5.11 Å². The van der Waals surface area contributed by atoms with E-state index in [0.717, 1.165) is 24.7 Å². The summed E-state index contributed by atoms with van der Waals surface area (Å²) in [5.41, 5.74) is 2.57. The van der Waals surface area contributed by atoms with Crippen LogP contribution in [0.1, 0.15) is 69.1 Å². The summed E-state index contributed by atoms with van der Waals surface area (Å²) < 4.78 is 0. The maximum Gasteiger partial charge on any atom is 0.0792 e.